The summed E-state index contributed by atoms with van der Waals surface area (Å²) in [4.78, 5) is 15.4. The number of hydrogen-bond donors (Lipinski definition) is 1. The molecule has 1 fully saturated rings. The fraction of sp³-hybridized carbons (Fsp3) is 0.375. The topological polar surface area (TPSA) is 50.2 Å². The van der Waals surface area contributed by atoms with Gasteiger partial charge >= 0.3 is 5.97 Å². The van der Waals surface area contributed by atoms with Gasteiger partial charge in [-0.25, -0.2) is 0 Å². The molecular formula is C16H17NO2. The minimum Gasteiger partial charge on any atom is -0.481 e. The highest BCUT2D eigenvalue weighted by molar-refractivity contribution is 5.82. The molecule has 0 saturated heterocycles. The number of pyridine rings is 1. The second kappa shape index (κ2) is 5.00. The molecule has 1 N–H and O–H groups in total. The Bertz CT molecular complexity index is 595. The summed E-state index contributed by atoms with van der Waals surface area (Å²) >= 11 is 0. The summed E-state index contributed by atoms with van der Waals surface area (Å²) in [5.74, 6) is -0.314. The molecule has 3 rings (SSSR count). The Hall–Kier alpha value is -1.90. The number of aliphatic carboxylic acids is 1. The first-order chi connectivity index (χ1) is 9.25. The number of aromatic nitrogens is 1. The smallest absolute Gasteiger partial charge is 0.306 e. The maximum absolute atomic E-state index is 11.0. The normalized spacial score (nSPS) is 23.4. The Kier molecular flexibility index (Phi) is 3.20. The number of carboxylic acids is 1. The Morgan fingerprint density at radius 2 is 1.84 bits per heavy atom. The SMILES string of the molecule is O=C(O)C1CCC(c2ccnc3ccccc23)CC1. The molecule has 0 bridgehead atoms. The van der Waals surface area contributed by atoms with Gasteiger partial charge in [0.1, 0.15) is 0 Å². The fourth-order valence-electron chi connectivity index (χ4n) is 3.13. The van der Waals surface area contributed by atoms with Gasteiger partial charge in [0.25, 0.3) is 0 Å². The summed E-state index contributed by atoms with van der Waals surface area (Å²) in [5.41, 5.74) is 2.36. The van der Waals surface area contributed by atoms with Gasteiger partial charge in [-0.3, -0.25) is 9.78 Å². The van der Waals surface area contributed by atoms with E-state index in [9.17, 15) is 4.79 Å². The molecule has 19 heavy (non-hydrogen) atoms. The molecule has 0 amide bonds. The molecule has 98 valence electrons. The number of para-hydroxylation sites is 1. The number of carboxylic acid groups (broad SMARTS) is 1. The third kappa shape index (κ3) is 2.33. The summed E-state index contributed by atoms with van der Waals surface area (Å²) in [7, 11) is 0. The van der Waals surface area contributed by atoms with Crippen LogP contribution in [0.1, 0.15) is 37.2 Å². The van der Waals surface area contributed by atoms with E-state index in [0.29, 0.717) is 5.92 Å². The first-order valence-electron chi connectivity index (χ1n) is 6.82. The largest absolute Gasteiger partial charge is 0.481 e. The van der Waals surface area contributed by atoms with E-state index in [1.54, 1.807) is 0 Å². The summed E-state index contributed by atoms with van der Waals surface area (Å²) < 4.78 is 0. The number of fused-ring (bicyclic) bond motifs is 1. The average molecular weight is 255 g/mol. The summed E-state index contributed by atoms with van der Waals surface area (Å²) in [6.07, 6.45) is 5.37. The minimum absolute atomic E-state index is 0.149. The lowest BCUT2D eigenvalue weighted by molar-refractivity contribution is -0.142. The lowest BCUT2D eigenvalue weighted by atomic mass is 9.78. The predicted molar refractivity (Wildman–Crippen MR) is 74.1 cm³/mol. The Morgan fingerprint density at radius 1 is 1.11 bits per heavy atom. The zero-order valence-corrected chi connectivity index (χ0v) is 10.7. The van der Waals surface area contributed by atoms with E-state index in [0.717, 1.165) is 31.2 Å². The van der Waals surface area contributed by atoms with E-state index in [-0.39, 0.29) is 5.92 Å². The van der Waals surface area contributed by atoms with E-state index >= 15 is 0 Å². The highest BCUT2D eigenvalue weighted by atomic mass is 16.4. The Balaban J connectivity index is 1.88. The molecule has 1 aromatic carbocycles. The molecular weight excluding hydrogens is 238 g/mol. The van der Waals surface area contributed by atoms with Crippen LogP contribution in [0.4, 0.5) is 0 Å². The number of rotatable bonds is 2. The number of hydrogen-bond acceptors (Lipinski definition) is 2. The average Bonchev–Trinajstić information content (AvgIpc) is 2.47. The third-order valence-electron chi connectivity index (χ3n) is 4.20. The maximum Gasteiger partial charge on any atom is 0.306 e. The third-order valence-corrected chi connectivity index (χ3v) is 4.20. The quantitative estimate of drug-likeness (QED) is 0.892. The van der Waals surface area contributed by atoms with E-state index < -0.39 is 5.97 Å². The predicted octanol–water partition coefficient (Wildman–Crippen LogP) is 3.59. The van der Waals surface area contributed by atoms with Crippen molar-refractivity contribution >= 4 is 16.9 Å². The van der Waals surface area contributed by atoms with Crippen molar-refractivity contribution in [3.05, 3.63) is 42.1 Å². The fourth-order valence-corrected chi connectivity index (χ4v) is 3.13. The Labute approximate surface area is 112 Å². The van der Waals surface area contributed by atoms with Crippen molar-refractivity contribution in [2.75, 3.05) is 0 Å². The molecule has 0 spiro atoms. The second-order valence-electron chi connectivity index (χ2n) is 5.30. The van der Waals surface area contributed by atoms with Crippen LogP contribution in [0, 0.1) is 5.92 Å². The van der Waals surface area contributed by atoms with E-state index in [1.807, 2.05) is 24.4 Å². The number of benzene rings is 1. The summed E-state index contributed by atoms with van der Waals surface area (Å²) in [6.45, 7) is 0. The van der Waals surface area contributed by atoms with Crippen molar-refractivity contribution in [1.29, 1.82) is 0 Å². The van der Waals surface area contributed by atoms with Crippen LogP contribution in [0.2, 0.25) is 0 Å². The lowest BCUT2D eigenvalue weighted by Gasteiger charge is -2.27. The van der Waals surface area contributed by atoms with Gasteiger partial charge in [-0.2, -0.15) is 0 Å². The molecule has 1 saturated carbocycles. The van der Waals surface area contributed by atoms with Gasteiger partial charge in [0.15, 0.2) is 0 Å². The standard InChI is InChI=1S/C16H17NO2/c18-16(19)12-7-5-11(6-8-12)13-9-10-17-15-4-2-1-3-14(13)15/h1-4,9-12H,5-8H2,(H,18,19). The minimum atomic E-state index is -0.641. The van der Waals surface area contributed by atoms with Crippen molar-refractivity contribution < 1.29 is 9.90 Å². The van der Waals surface area contributed by atoms with Gasteiger partial charge in [-0.1, -0.05) is 18.2 Å². The van der Waals surface area contributed by atoms with E-state index in [2.05, 4.69) is 17.1 Å². The van der Waals surface area contributed by atoms with Gasteiger partial charge in [0.2, 0.25) is 0 Å². The van der Waals surface area contributed by atoms with Gasteiger partial charge in [-0.05, 0) is 49.3 Å². The highest BCUT2D eigenvalue weighted by Gasteiger charge is 2.27. The summed E-state index contributed by atoms with van der Waals surface area (Å²) in [6, 6.07) is 10.3. The summed E-state index contributed by atoms with van der Waals surface area (Å²) in [5, 5.41) is 10.3. The maximum atomic E-state index is 11.0. The lowest BCUT2D eigenvalue weighted by Crippen LogP contribution is -2.20. The molecule has 2 aromatic rings. The molecule has 0 aliphatic heterocycles. The van der Waals surface area contributed by atoms with Crippen molar-refractivity contribution in [2.45, 2.75) is 31.6 Å². The van der Waals surface area contributed by atoms with Crippen molar-refractivity contribution in [2.24, 2.45) is 5.92 Å². The zero-order chi connectivity index (χ0) is 13.2. The zero-order valence-electron chi connectivity index (χ0n) is 10.7. The molecule has 0 atom stereocenters. The van der Waals surface area contributed by atoms with Crippen molar-refractivity contribution in [3.8, 4) is 0 Å². The molecule has 1 aromatic heterocycles. The van der Waals surface area contributed by atoms with Crippen LogP contribution in [0.25, 0.3) is 10.9 Å². The number of nitrogens with zero attached hydrogens (tertiary/aromatic N) is 1. The second-order valence-corrected chi connectivity index (χ2v) is 5.30. The van der Waals surface area contributed by atoms with E-state index in [1.165, 1.54) is 10.9 Å². The van der Waals surface area contributed by atoms with E-state index in [4.69, 9.17) is 5.11 Å². The van der Waals surface area contributed by atoms with Crippen molar-refractivity contribution in [3.63, 3.8) is 0 Å². The molecule has 1 aliphatic rings. The molecule has 0 radical (unpaired) electrons. The molecule has 3 heteroatoms. The molecule has 3 nitrogen and oxygen atoms in total. The van der Waals surface area contributed by atoms with Crippen LogP contribution < -0.4 is 0 Å². The monoisotopic (exact) mass is 255 g/mol. The van der Waals surface area contributed by atoms with Gasteiger partial charge in [-0.15, -0.1) is 0 Å². The Morgan fingerprint density at radius 3 is 2.58 bits per heavy atom. The molecule has 1 aliphatic carbocycles. The van der Waals surface area contributed by atoms with Gasteiger partial charge in [0, 0.05) is 11.6 Å². The molecule has 1 heterocycles. The van der Waals surface area contributed by atoms with Crippen LogP contribution in [0.15, 0.2) is 36.5 Å². The van der Waals surface area contributed by atoms with Crippen LogP contribution in [-0.4, -0.2) is 16.1 Å². The molecule has 0 unspecified atom stereocenters. The van der Waals surface area contributed by atoms with Crippen LogP contribution in [0.3, 0.4) is 0 Å². The number of carbonyl (C=O) groups is 1. The first-order valence-corrected chi connectivity index (χ1v) is 6.82. The van der Waals surface area contributed by atoms with Crippen LogP contribution in [0.5, 0.6) is 0 Å². The van der Waals surface area contributed by atoms with Gasteiger partial charge < -0.3 is 5.11 Å². The van der Waals surface area contributed by atoms with Crippen molar-refractivity contribution in [1.82, 2.24) is 4.98 Å². The first kappa shape index (κ1) is 12.2. The highest BCUT2D eigenvalue weighted by Crippen LogP contribution is 2.38. The van der Waals surface area contributed by atoms with Crippen LogP contribution in [-0.2, 0) is 4.79 Å². The van der Waals surface area contributed by atoms with Crippen LogP contribution >= 0.6 is 0 Å². The van der Waals surface area contributed by atoms with Gasteiger partial charge in [0.05, 0.1) is 11.4 Å².